The van der Waals surface area contributed by atoms with E-state index in [1.807, 2.05) is 0 Å². The standard InChI is InChI=1S/C27H25N5O7S/c1-4-36-26(35)22-14-28-27(40-22)29-23(33)17-11-19(13-20(12-17)39-21-9-10-32(3)25(21)34)38-18-7-5-16(6-8-18)24-31-30-15(2)37-24/h5-8,11-14,21H,4,9-10H2,1-3H3,(H,28,29,33). The first kappa shape index (κ1) is 26.8. The van der Waals surface area contributed by atoms with Gasteiger partial charge in [0, 0.05) is 44.1 Å². The number of hydrogen-bond donors (Lipinski definition) is 1. The van der Waals surface area contributed by atoms with Crippen molar-refractivity contribution < 1.29 is 33.0 Å². The predicted molar refractivity (Wildman–Crippen MR) is 144 cm³/mol. The van der Waals surface area contributed by atoms with Crippen LogP contribution in [0.5, 0.6) is 17.2 Å². The molecule has 2 amide bonds. The Labute approximate surface area is 232 Å². The number of carbonyl (C=O) groups excluding carboxylic acids is 3. The highest BCUT2D eigenvalue weighted by molar-refractivity contribution is 7.17. The summed E-state index contributed by atoms with van der Waals surface area (Å²) in [5.41, 5.74) is 0.928. The molecule has 1 fully saturated rings. The average Bonchev–Trinajstić information content (AvgIpc) is 3.67. The fourth-order valence-corrected chi connectivity index (χ4v) is 4.61. The van der Waals surface area contributed by atoms with Crippen LogP contribution in [0.4, 0.5) is 5.13 Å². The molecule has 5 rings (SSSR count). The van der Waals surface area contributed by atoms with Crippen LogP contribution >= 0.6 is 11.3 Å². The van der Waals surface area contributed by atoms with Crippen molar-refractivity contribution in [2.24, 2.45) is 0 Å². The van der Waals surface area contributed by atoms with Crippen LogP contribution in [0.1, 0.15) is 39.3 Å². The Kier molecular flexibility index (Phi) is 7.73. The third kappa shape index (κ3) is 6.10. The number of esters is 1. The van der Waals surface area contributed by atoms with Gasteiger partial charge in [-0.15, -0.1) is 10.2 Å². The summed E-state index contributed by atoms with van der Waals surface area (Å²) >= 11 is 0.995. The highest BCUT2D eigenvalue weighted by atomic mass is 32.1. The first-order chi connectivity index (χ1) is 19.3. The third-order valence-corrected chi connectivity index (χ3v) is 6.76. The van der Waals surface area contributed by atoms with Crippen LogP contribution in [-0.4, -0.2) is 64.2 Å². The molecule has 40 heavy (non-hydrogen) atoms. The van der Waals surface area contributed by atoms with E-state index in [4.69, 9.17) is 18.6 Å². The van der Waals surface area contributed by atoms with E-state index in [2.05, 4.69) is 20.5 Å². The zero-order valence-electron chi connectivity index (χ0n) is 21.9. The lowest BCUT2D eigenvalue weighted by molar-refractivity contribution is -0.132. The number of thiazole rings is 1. The van der Waals surface area contributed by atoms with E-state index in [1.54, 1.807) is 62.2 Å². The maximum atomic E-state index is 13.2. The van der Waals surface area contributed by atoms with E-state index >= 15 is 0 Å². The van der Waals surface area contributed by atoms with Gasteiger partial charge in [0.05, 0.1) is 12.8 Å². The van der Waals surface area contributed by atoms with Gasteiger partial charge in [0.1, 0.15) is 22.1 Å². The van der Waals surface area contributed by atoms with Gasteiger partial charge in [0.25, 0.3) is 11.8 Å². The molecule has 0 aliphatic carbocycles. The van der Waals surface area contributed by atoms with Crippen LogP contribution in [-0.2, 0) is 9.53 Å². The highest BCUT2D eigenvalue weighted by Crippen LogP contribution is 2.31. The molecular weight excluding hydrogens is 538 g/mol. The van der Waals surface area contributed by atoms with Gasteiger partial charge in [-0.3, -0.25) is 14.9 Å². The van der Waals surface area contributed by atoms with Gasteiger partial charge in [-0.2, -0.15) is 0 Å². The molecule has 12 nitrogen and oxygen atoms in total. The van der Waals surface area contributed by atoms with E-state index in [0.717, 1.165) is 16.9 Å². The summed E-state index contributed by atoms with van der Waals surface area (Å²) in [4.78, 5) is 43.5. The van der Waals surface area contributed by atoms with Crippen molar-refractivity contribution >= 4 is 34.3 Å². The van der Waals surface area contributed by atoms with Crippen LogP contribution < -0.4 is 14.8 Å². The molecule has 1 aliphatic rings. The second-order valence-electron chi connectivity index (χ2n) is 8.80. The first-order valence-corrected chi connectivity index (χ1v) is 13.2. The van der Waals surface area contributed by atoms with E-state index in [-0.39, 0.29) is 28.1 Å². The first-order valence-electron chi connectivity index (χ1n) is 12.4. The Morgan fingerprint density at radius 2 is 1.90 bits per heavy atom. The van der Waals surface area contributed by atoms with Gasteiger partial charge in [0.15, 0.2) is 11.2 Å². The molecule has 4 aromatic rings. The van der Waals surface area contributed by atoms with E-state index in [0.29, 0.717) is 42.0 Å². The second kappa shape index (κ2) is 11.5. The predicted octanol–water partition coefficient (Wildman–Crippen LogP) is 4.33. The minimum absolute atomic E-state index is 0.140. The van der Waals surface area contributed by atoms with Crippen molar-refractivity contribution in [1.82, 2.24) is 20.1 Å². The normalized spacial score (nSPS) is 14.7. The van der Waals surface area contributed by atoms with Gasteiger partial charge in [-0.05, 0) is 43.3 Å². The quantitative estimate of drug-likeness (QED) is 0.292. The van der Waals surface area contributed by atoms with E-state index in [9.17, 15) is 14.4 Å². The molecule has 1 unspecified atom stereocenters. The molecule has 1 N–H and O–H groups in total. The number of aryl methyl sites for hydroxylation is 1. The lowest BCUT2D eigenvalue weighted by atomic mass is 10.1. The smallest absolute Gasteiger partial charge is 0.350 e. The lowest BCUT2D eigenvalue weighted by Crippen LogP contribution is -2.29. The molecule has 0 bridgehead atoms. The highest BCUT2D eigenvalue weighted by Gasteiger charge is 2.31. The van der Waals surface area contributed by atoms with Crippen LogP contribution in [0.2, 0.25) is 0 Å². The number of rotatable bonds is 9. The van der Waals surface area contributed by atoms with Crippen LogP contribution in [0, 0.1) is 6.92 Å². The summed E-state index contributed by atoms with van der Waals surface area (Å²) in [7, 11) is 1.71. The summed E-state index contributed by atoms with van der Waals surface area (Å²) in [6.45, 7) is 4.22. The number of nitrogens with zero attached hydrogens (tertiary/aromatic N) is 4. The van der Waals surface area contributed by atoms with Crippen molar-refractivity contribution in [2.75, 3.05) is 25.5 Å². The average molecular weight is 564 g/mol. The molecule has 0 radical (unpaired) electrons. The van der Waals surface area contributed by atoms with Crippen molar-refractivity contribution in [3.8, 4) is 28.7 Å². The van der Waals surface area contributed by atoms with E-state index in [1.165, 1.54) is 12.3 Å². The van der Waals surface area contributed by atoms with Crippen LogP contribution in [0.15, 0.2) is 53.1 Å². The number of likely N-dealkylation sites (N-methyl/N-ethyl adjacent to an activating group) is 1. The number of amides is 2. The molecule has 1 saturated heterocycles. The zero-order valence-corrected chi connectivity index (χ0v) is 22.7. The van der Waals surface area contributed by atoms with Crippen LogP contribution in [0.3, 0.4) is 0 Å². The molecule has 1 atom stereocenters. The van der Waals surface area contributed by atoms with Crippen molar-refractivity contribution in [3.05, 3.63) is 65.0 Å². The Morgan fingerprint density at radius 3 is 2.58 bits per heavy atom. The number of anilines is 1. The monoisotopic (exact) mass is 563 g/mol. The summed E-state index contributed by atoms with van der Waals surface area (Å²) < 4.78 is 22.4. The maximum absolute atomic E-state index is 13.2. The third-order valence-electron chi connectivity index (χ3n) is 5.86. The van der Waals surface area contributed by atoms with Gasteiger partial charge in [0.2, 0.25) is 11.8 Å². The SMILES string of the molecule is CCOC(=O)c1cnc(NC(=O)c2cc(Oc3ccc(-c4nnc(C)o4)cc3)cc(OC3CCN(C)C3=O)c2)s1. The number of ether oxygens (including phenoxy) is 3. The number of carbonyl (C=O) groups is 3. The fourth-order valence-electron chi connectivity index (χ4n) is 3.91. The molecule has 206 valence electrons. The summed E-state index contributed by atoms with van der Waals surface area (Å²) in [5, 5.41) is 10.7. The number of likely N-dealkylation sites (tertiary alicyclic amines) is 1. The lowest BCUT2D eigenvalue weighted by Gasteiger charge is -2.15. The molecule has 0 saturated carbocycles. The number of aromatic nitrogens is 3. The summed E-state index contributed by atoms with van der Waals surface area (Å²) in [5.74, 6) is 0.778. The van der Waals surface area contributed by atoms with Gasteiger partial charge in [-0.25, -0.2) is 9.78 Å². The molecule has 2 aromatic heterocycles. The van der Waals surface area contributed by atoms with Gasteiger partial charge < -0.3 is 23.5 Å². The summed E-state index contributed by atoms with van der Waals surface area (Å²) in [6.07, 6.45) is 1.20. The molecule has 13 heteroatoms. The zero-order chi connectivity index (χ0) is 28.2. The largest absolute Gasteiger partial charge is 0.480 e. The molecule has 2 aromatic carbocycles. The molecular formula is C27H25N5O7S. The van der Waals surface area contributed by atoms with Crippen LogP contribution in [0.25, 0.3) is 11.5 Å². The second-order valence-corrected chi connectivity index (χ2v) is 9.84. The minimum Gasteiger partial charge on any atom is -0.480 e. The Morgan fingerprint density at radius 1 is 1.12 bits per heavy atom. The topological polar surface area (TPSA) is 146 Å². The fraction of sp³-hybridized carbons (Fsp3) is 0.259. The maximum Gasteiger partial charge on any atom is 0.350 e. The number of nitrogens with one attached hydrogen (secondary N) is 1. The molecule has 1 aliphatic heterocycles. The summed E-state index contributed by atoms with van der Waals surface area (Å²) in [6, 6.07) is 11.7. The molecule has 0 spiro atoms. The van der Waals surface area contributed by atoms with Crippen molar-refractivity contribution in [1.29, 1.82) is 0 Å². The Hall–Kier alpha value is -4.78. The van der Waals surface area contributed by atoms with Gasteiger partial charge >= 0.3 is 5.97 Å². The Bertz CT molecular complexity index is 1550. The van der Waals surface area contributed by atoms with Gasteiger partial charge in [-0.1, -0.05) is 11.3 Å². The van der Waals surface area contributed by atoms with Crippen molar-refractivity contribution in [2.45, 2.75) is 26.4 Å². The van der Waals surface area contributed by atoms with E-state index < -0.39 is 18.0 Å². The molecule has 3 heterocycles. The minimum atomic E-state index is -0.667. The Balaban J connectivity index is 1.38. The number of hydrogen-bond acceptors (Lipinski definition) is 11. The number of benzene rings is 2. The van der Waals surface area contributed by atoms with Crippen molar-refractivity contribution in [3.63, 3.8) is 0 Å².